The first-order valence-electron chi connectivity index (χ1n) is 5.89. The molecule has 1 fully saturated rings. The zero-order chi connectivity index (χ0) is 13.5. The van der Waals surface area contributed by atoms with Crippen molar-refractivity contribution in [2.75, 3.05) is 19.6 Å². The molecular formula is C12H17N3O3. The highest BCUT2D eigenvalue weighted by molar-refractivity contribution is 5.97. The molecule has 1 saturated heterocycles. The first-order chi connectivity index (χ1) is 8.54. The van der Waals surface area contributed by atoms with Crippen LogP contribution in [0, 0.1) is 17.2 Å². The van der Waals surface area contributed by atoms with Crippen LogP contribution in [0.15, 0.2) is 11.8 Å². The Morgan fingerprint density at radius 2 is 2.11 bits per heavy atom. The molecule has 1 heterocycles. The number of carboxylic acid groups (broad SMARTS) is 1. The van der Waals surface area contributed by atoms with Crippen LogP contribution in [0.1, 0.15) is 19.8 Å². The molecule has 1 amide bonds. The number of nitrogens with zero attached hydrogens (tertiary/aromatic N) is 2. The minimum absolute atomic E-state index is 0.0502. The third-order valence-electron chi connectivity index (χ3n) is 2.92. The average molecular weight is 251 g/mol. The van der Waals surface area contributed by atoms with Gasteiger partial charge >= 0.3 is 5.97 Å². The van der Waals surface area contributed by atoms with Gasteiger partial charge in [0.05, 0.1) is 0 Å². The number of carboxylic acids is 1. The fraction of sp³-hybridized carbons (Fsp3) is 0.583. The quantitative estimate of drug-likeness (QED) is 0.554. The summed E-state index contributed by atoms with van der Waals surface area (Å²) in [6.07, 6.45) is 3.05. The van der Waals surface area contributed by atoms with E-state index in [0.717, 1.165) is 12.8 Å². The number of nitrogens with one attached hydrogen (secondary N) is 1. The van der Waals surface area contributed by atoms with Crippen LogP contribution in [0.5, 0.6) is 0 Å². The van der Waals surface area contributed by atoms with Crippen molar-refractivity contribution in [3.05, 3.63) is 11.8 Å². The number of nitriles is 1. The van der Waals surface area contributed by atoms with Crippen LogP contribution >= 0.6 is 0 Å². The molecule has 0 saturated carbocycles. The molecule has 1 aliphatic heterocycles. The fourth-order valence-corrected chi connectivity index (χ4v) is 1.76. The van der Waals surface area contributed by atoms with Crippen molar-refractivity contribution in [1.29, 1.82) is 5.26 Å². The van der Waals surface area contributed by atoms with Crippen LogP contribution in [-0.4, -0.2) is 41.5 Å². The number of likely N-dealkylation sites (tertiary alicyclic amines) is 1. The highest BCUT2D eigenvalue weighted by Crippen LogP contribution is 2.17. The van der Waals surface area contributed by atoms with Gasteiger partial charge in [0.2, 0.25) is 0 Å². The molecule has 0 radical (unpaired) electrons. The van der Waals surface area contributed by atoms with Gasteiger partial charge < -0.3 is 15.3 Å². The average Bonchev–Trinajstić information content (AvgIpc) is 2.34. The monoisotopic (exact) mass is 251 g/mol. The summed E-state index contributed by atoms with van der Waals surface area (Å²) in [5.74, 6) is -0.765. The first kappa shape index (κ1) is 14.0. The Balaban J connectivity index is 2.57. The van der Waals surface area contributed by atoms with Crippen molar-refractivity contribution in [2.45, 2.75) is 19.8 Å². The van der Waals surface area contributed by atoms with Crippen LogP contribution in [-0.2, 0) is 9.59 Å². The molecule has 98 valence electrons. The summed E-state index contributed by atoms with van der Waals surface area (Å²) >= 11 is 0. The molecule has 0 atom stereocenters. The SMILES string of the molecule is CC1CCN(C(=O)/C(C#N)=C\NCC(=O)O)CC1. The lowest BCUT2D eigenvalue weighted by Gasteiger charge is -2.30. The molecule has 6 heteroatoms. The fourth-order valence-electron chi connectivity index (χ4n) is 1.76. The molecule has 0 spiro atoms. The smallest absolute Gasteiger partial charge is 0.322 e. The van der Waals surface area contributed by atoms with E-state index >= 15 is 0 Å². The molecule has 0 aromatic heterocycles. The Morgan fingerprint density at radius 1 is 1.50 bits per heavy atom. The van der Waals surface area contributed by atoms with Crippen molar-refractivity contribution in [2.24, 2.45) is 5.92 Å². The molecule has 2 N–H and O–H groups in total. The Kier molecular flexibility index (Phi) is 5.18. The maximum atomic E-state index is 12.0. The second kappa shape index (κ2) is 6.64. The number of rotatable bonds is 4. The van der Waals surface area contributed by atoms with E-state index in [0.29, 0.717) is 19.0 Å². The molecule has 1 aliphatic rings. The largest absolute Gasteiger partial charge is 0.480 e. The predicted octanol–water partition coefficient (Wildman–Crippen LogP) is 0.327. The second-order valence-corrected chi connectivity index (χ2v) is 4.42. The molecule has 6 nitrogen and oxygen atoms in total. The van der Waals surface area contributed by atoms with Gasteiger partial charge in [0.25, 0.3) is 5.91 Å². The normalized spacial score (nSPS) is 17.1. The number of carbonyl (C=O) groups excluding carboxylic acids is 1. The lowest BCUT2D eigenvalue weighted by atomic mass is 9.99. The van der Waals surface area contributed by atoms with Crippen LogP contribution in [0.4, 0.5) is 0 Å². The van der Waals surface area contributed by atoms with Crippen LogP contribution in [0.25, 0.3) is 0 Å². The number of amides is 1. The van der Waals surface area contributed by atoms with Gasteiger partial charge in [-0.2, -0.15) is 5.26 Å². The van der Waals surface area contributed by atoms with E-state index in [1.807, 2.05) is 0 Å². The van der Waals surface area contributed by atoms with E-state index in [9.17, 15) is 9.59 Å². The topological polar surface area (TPSA) is 93.4 Å². The van der Waals surface area contributed by atoms with Crippen molar-refractivity contribution < 1.29 is 14.7 Å². The zero-order valence-corrected chi connectivity index (χ0v) is 10.3. The van der Waals surface area contributed by atoms with Crippen LogP contribution < -0.4 is 5.32 Å². The van der Waals surface area contributed by atoms with Gasteiger partial charge in [-0.1, -0.05) is 6.92 Å². The van der Waals surface area contributed by atoms with Gasteiger partial charge in [-0.05, 0) is 18.8 Å². The summed E-state index contributed by atoms with van der Waals surface area (Å²) in [5.41, 5.74) is -0.0502. The summed E-state index contributed by atoms with van der Waals surface area (Å²) in [6.45, 7) is 3.13. The van der Waals surface area contributed by atoms with Crippen LogP contribution in [0.3, 0.4) is 0 Å². The first-order valence-corrected chi connectivity index (χ1v) is 5.89. The summed E-state index contributed by atoms with van der Waals surface area (Å²) in [6, 6.07) is 1.80. The molecule has 0 unspecified atom stereocenters. The number of piperidine rings is 1. The highest BCUT2D eigenvalue weighted by atomic mass is 16.4. The second-order valence-electron chi connectivity index (χ2n) is 4.42. The maximum absolute atomic E-state index is 12.0. The molecule has 0 aromatic rings. The summed E-state index contributed by atoms with van der Waals surface area (Å²) in [7, 11) is 0. The van der Waals surface area contributed by atoms with Gasteiger partial charge in [0.1, 0.15) is 18.2 Å². The standard InChI is InChI=1S/C12H17N3O3/c1-9-2-4-15(5-3-9)12(18)10(6-13)7-14-8-11(16)17/h7,9,14H,2-5,8H2,1H3,(H,16,17)/b10-7-. The molecule has 18 heavy (non-hydrogen) atoms. The van der Waals surface area contributed by atoms with Crippen molar-refractivity contribution in [3.63, 3.8) is 0 Å². The minimum atomic E-state index is -1.04. The zero-order valence-electron chi connectivity index (χ0n) is 10.3. The summed E-state index contributed by atoms with van der Waals surface area (Å²) in [4.78, 5) is 23.9. The van der Waals surface area contributed by atoms with Crippen molar-refractivity contribution in [3.8, 4) is 6.07 Å². The number of hydrogen-bond acceptors (Lipinski definition) is 4. The van der Waals surface area contributed by atoms with Crippen molar-refractivity contribution in [1.82, 2.24) is 10.2 Å². The maximum Gasteiger partial charge on any atom is 0.322 e. The summed E-state index contributed by atoms with van der Waals surface area (Å²) < 4.78 is 0. The Labute approximate surface area is 106 Å². The van der Waals surface area contributed by atoms with E-state index in [-0.39, 0.29) is 18.0 Å². The van der Waals surface area contributed by atoms with E-state index < -0.39 is 5.97 Å². The third-order valence-corrected chi connectivity index (χ3v) is 2.92. The molecule has 0 aliphatic carbocycles. The van der Waals surface area contributed by atoms with E-state index in [1.54, 1.807) is 11.0 Å². The van der Waals surface area contributed by atoms with Gasteiger partial charge in [0, 0.05) is 19.3 Å². The Bertz CT molecular complexity index is 390. The lowest BCUT2D eigenvalue weighted by Crippen LogP contribution is -2.38. The van der Waals surface area contributed by atoms with Crippen molar-refractivity contribution >= 4 is 11.9 Å². The van der Waals surface area contributed by atoms with Gasteiger partial charge in [0.15, 0.2) is 0 Å². The van der Waals surface area contributed by atoms with E-state index in [4.69, 9.17) is 10.4 Å². The Morgan fingerprint density at radius 3 is 2.61 bits per heavy atom. The number of carbonyl (C=O) groups is 2. The minimum Gasteiger partial charge on any atom is -0.480 e. The van der Waals surface area contributed by atoms with E-state index in [2.05, 4.69) is 12.2 Å². The van der Waals surface area contributed by atoms with Gasteiger partial charge in [-0.25, -0.2) is 0 Å². The van der Waals surface area contributed by atoms with E-state index in [1.165, 1.54) is 6.20 Å². The van der Waals surface area contributed by atoms with Gasteiger partial charge in [-0.15, -0.1) is 0 Å². The molecule has 0 aromatic carbocycles. The Hall–Kier alpha value is -2.03. The number of hydrogen-bond donors (Lipinski definition) is 2. The third kappa shape index (κ3) is 4.09. The molecular weight excluding hydrogens is 234 g/mol. The van der Waals surface area contributed by atoms with Gasteiger partial charge in [-0.3, -0.25) is 9.59 Å². The molecule has 1 rings (SSSR count). The molecule has 0 bridgehead atoms. The highest BCUT2D eigenvalue weighted by Gasteiger charge is 2.22. The number of aliphatic carboxylic acids is 1. The van der Waals surface area contributed by atoms with Crippen LogP contribution in [0.2, 0.25) is 0 Å². The predicted molar refractivity (Wildman–Crippen MR) is 64.3 cm³/mol. The lowest BCUT2D eigenvalue weighted by molar-refractivity contribution is -0.135. The summed E-state index contributed by atoms with van der Waals surface area (Å²) in [5, 5.41) is 19.8.